The van der Waals surface area contributed by atoms with Crippen molar-refractivity contribution in [3.63, 3.8) is 0 Å². The predicted octanol–water partition coefficient (Wildman–Crippen LogP) is 3.04. The molecular weight excluding hydrogens is 248 g/mol. The van der Waals surface area contributed by atoms with Gasteiger partial charge in [-0.15, -0.1) is 0 Å². The molecule has 2 rings (SSSR count). The third-order valence-corrected chi connectivity index (χ3v) is 5.57. The minimum atomic E-state index is -0.159. The van der Waals surface area contributed by atoms with Crippen molar-refractivity contribution in [1.29, 1.82) is 5.26 Å². The Balaban J connectivity index is 2.08. The van der Waals surface area contributed by atoms with Crippen molar-refractivity contribution in [2.75, 3.05) is 13.1 Å². The maximum Gasteiger partial charge on any atom is 0.0672 e. The van der Waals surface area contributed by atoms with Gasteiger partial charge in [-0.2, -0.15) is 5.26 Å². The molecule has 5 atom stereocenters. The number of likely N-dealkylation sites (tertiary alicyclic amines) is 1. The molecular formula is C17H30N2O. The maximum absolute atomic E-state index is 9.91. The Morgan fingerprint density at radius 2 is 1.90 bits per heavy atom. The van der Waals surface area contributed by atoms with Gasteiger partial charge in [0.15, 0.2) is 0 Å². The summed E-state index contributed by atoms with van der Waals surface area (Å²) in [5.41, 5.74) is 0.333. The van der Waals surface area contributed by atoms with Crippen molar-refractivity contribution in [3.05, 3.63) is 0 Å². The Hall–Kier alpha value is -0.590. The molecule has 0 aromatic heterocycles. The van der Waals surface area contributed by atoms with E-state index in [2.05, 4.69) is 38.7 Å². The van der Waals surface area contributed by atoms with Gasteiger partial charge in [0.1, 0.15) is 0 Å². The van der Waals surface area contributed by atoms with Gasteiger partial charge in [-0.3, -0.25) is 4.90 Å². The van der Waals surface area contributed by atoms with Gasteiger partial charge in [0.2, 0.25) is 0 Å². The minimum Gasteiger partial charge on any atom is -0.393 e. The first kappa shape index (κ1) is 15.8. The number of aliphatic hydroxyl groups is 1. The fourth-order valence-corrected chi connectivity index (χ4v) is 3.95. The lowest BCUT2D eigenvalue weighted by Gasteiger charge is -2.47. The molecule has 3 heteroatoms. The van der Waals surface area contributed by atoms with Crippen LogP contribution in [0.3, 0.4) is 0 Å². The molecule has 0 radical (unpaired) electrons. The summed E-state index contributed by atoms with van der Waals surface area (Å²) >= 11 is 0. The summed E-state index contributed by atoms with van der Waals surface area (Å²) in [6.07, 6.45) is 4.07. The molecule has 114 valence electrons. The molecule has 2 aliphatic rings. The Bertz CT molecular complexity index is 368. The van der Waals surface area contributed by atoms with Crippen LogP contribution in [0.5, 0.6) is 0 Å². The second kappa shape index (κ2) is 6.03. The monoisotopic (exact) mass is 278 g/mol. The molecule has 0 spiro atoms. The van der Waals surface area contributed by atoms with E-state index in [0.717, 1.165) is 32.4 Å². The summed E-state index contributed by atoms with van der Waals surface area (Å²) in [5.74, 6) is 1.22. The molecule has 2 fully saturated rings. The zero-order valence-corrected chi connectivity index (χ0v) is 13.5. The number of hydrogen-bond donors (Lipinski definition) is 1. The van der Waals surface area contributed by atoms with Gasteiger partial charge >= 0.3 is 0 Å². The Labute approximate surface area is 124 Å². The zero-order chi connectivity index (χ0) is 14.9. The smallest absolute Gasteiger partial charge is 0.0672 e. The van der Waals surface area contributed by atoms with E-state index in [4.69, 9.17) is 0 Å². The van der Waals surface area contributed by atoms with Crippen LogP contribution in [0.25, 0.3) is 0 Å². The molecule has 1 heterocycles. The lowest BCUT2D eigenvalue weighted by atomic mass is 9.67. The standard InChI is InChI=1S/C17H30N2O/c1-12-11-19(8-7-16(12)20)15-9-14(17(2,3)4)6-5-13(15)10-18/h12-16,20H,5-9,11H2,1-4H3. The van der Waals surface area contributed by atoms with Crippen LogP contribution in [0, 0.1) is 34.5 Å². The van der Waals surface area contributed by atoms with Gasteiger partial charge in [0.25, 0.3) is 0 Å². The highest BCUT2D eigenvalue weighted by atomic mass is 16.3. The molecule has 1 saturated carbocycles. The molecule has 0 aromatic carbocycles. The van der Waals surface area contributed by atoms with Crippen LogP contribution < -0.4 is 0 Å². The normalized spacial score (nSPS) is 40.3. The van der Waals surface area contributed by atoms with Gasteiger partial charge in [-0.05, 0) is 42.9 Å². The minimum absolute atomic E-state index is 0.159. The molecule has 0 aromatic rings. The van der Waals surface area contributed by atoms with E-state index in [1.807, 2.05) is 0 Å². The number of nitrogens with zero attached hydrogens (tertiary/aromatic N) is 2. The molecule has 0 amide bonds. The number of aliphatic hydroxyl groups excluding tert-OH is 1. The molecule has 0 bridgehead atoms. The molecule has 3 nitrogen and oxygen atoms in total. The SMILES string of the molecule is CC1CN(C2CC(C(C)(C)C)CCC2C#N)CCC1O. The van der Waals surface area contributed by atoms with Crippen LogP contribution >= 0.6 is 0 Å². The largest absolute Gasteiger partial charge is 0.393 e. The van der Waals surface area contributed by atoms with E-state index in [-0.39, 0.29) is 12.0 Å². The average Bonchev–Trinajstić information content (AvgIpc) is 2.40. The average molecular weight is 278 g/mol. The Morgan fingerprint density at radius 1 is 1.20 bits per heavy atom. The van der Waals surface area contributed by atoms with Gasteiger partial charge in [-0.1, -0.05) is 27.7 Å². The first-order chi connectivity index (χ1) is 9.32. The zero-order valence-electron chi connectivity index (χ0n) is 13.5. The van der Waals surface area contributed by atoms with Crippen molar-refractivity contribution in [3.8, 4) is 6.07 Å². The van der Waals surface area contributed by atoms with E-state index in [1.165, 1.54) is 6.42 Å². The molecule has 1 aliphatic carbocycles. The summed E-state index contributed by atoms with van der Waals surface area (Å²) in [6.45, 7) is 11.0. The highest BCUT2D eigenvalue weighted by molar-refractivity contribution is 5.00. The fourth-order valence-electron chi connectivity index (χ4n) is 3.95. The van der Waals surface area contributed by atoms with Crippen molar-refractivity contribution in [1.82, 2.24) is 4.90 Å². The molecule has 5 unspecified atom stereocenters. The third kappa shape index (κ3) is 3.35. The maximum atomic E-state index is 9.91. The molecule has 20 heavy (non-hydrogen) atoms. The van der Waals surface area contributed by atoms with Crippen molar-refractivity contribution in [2.45, 2.75) is 65.5 Å². The van der Waals surface area contributed by atoms with Crippen LogP contribution in [0.1, 0.15) is 53.4 Å². The second-order valence-electron chi connectivity index (χ2n) is 8.01. The number of hydrogen-bond acceptors (Lipinski definition) is 3. The third-order valence-electron chi connectivity index (χ3n) is 5.57. The van der Waals surface area contributed by atoms with Crippen LogP contribution in [-0.4, -0.2) is 35.2 Å². The number of rotatable bonds is 1. The summed E-state index contributed by atoms with van der Waals surface area (Å²) in [6, 6.07) is 2.94. The summed E-state index contributed by atoms with van der Waals surface area (Å²) in [4.78, 5) is 2.49. The second-order valence-corrected chi connectivity index (χ2v) is 8.01. The van der Waals surface area contributed by atoms with Crippen LogP contribution in [-0.2, 0) is 0 Å². The van der Waals surface area contributed by atoms with Gasteiger partial charge in [0, 0.05) is 19.1 Å². The van der Waals surface area contributed by atoms with Crippen LogP contribution in [0.4, 0.5) is 0 Å². The van der Waals surface area contributed by atoms with E-state index in [0.29, 0.717) is 23.3 Å². The van der Waals surface area contributed by atoms with Gasteiger partial charge in [0.05, 0.1) is 18.1 Å². The number of piperidine rings is 1. The molecule has 1 N–H and O–H groups in total. The quantitative estimate of drug-likeness (QED) is 0.802. The van der Waals surface area contributed by atoms with Gasteiger partial charge < -0.3 is 5.11 Å². The summed E-state index contributed by atoms with van der Waals surface area (Å²) < 4.78 is 0. The summed E-state index contributed by atoms with van der Waals surface area (Å²) in [7, 11) is 0. The predicted molar refractivity (Wildman–Crippen MR) is 81.0 cm³/mol. The van der Waals surface area contributed by atoms with Crippen LogP contribution in [0.2, 0.25) is 0 Å². The fraction of sp³-hybridized carbons (Fsp3) is 0.941. The summed E-state index contributed by atoms with van der Waals surface area (Å²) in [5, 5.41) is 19.4. The first-order valence-electron chi connectivity index (χ1n) is 8.14. The van der Waals surface area contributed by atoms with E-state index >= 15 is 0 Å². The highest BCUT2D eigenvalue weighted by Crippen LogP contribution is 2.42. The van der Waals surface area contributed by atoms with E-state index in [9.17, 15) is 10.4 Å². The van der Waals surface area contributed by atoms with Gasteiger partial charge in [-0.25, -0.2) is 0 Å². The Morgan fingerprint density at radius 3 is 2.45 bits per heavy atom. The highest BCUT2D eigenvalue weighted by Gasteiger charge is 2.40. The van der Waals surface area contributed by atoms with Crippen molar-refractivity contribution in [2.24, 2.45) is 23.2 Å². The van der Waals surface area contributed by atoms with Crippen molar-refractivity contribution >= 4 is 0 Å². The lowest BCUT2D eigenvalue weighted by Crippen LogP contribution is -2.52. The molecule has 1 saturated heterocycles. The number of nitriles is 1. The van der Waals surface area contributed by atoms with Crippen molar-refractivity contribution < 1.29 is 5.11 Å². The Kier molecular flexibility index (Phi) is 4.76. The topological polar surface area (TPSA) is 47.3 Å². The molecule has 1 aliphatic heterocycles. The van der Waals surface area contributed by atoms with E-state index in [1.54, 1.807) is 0 Å². The lowest BCUT2D eigenvalue weighted by molar-refractivity contribution is -0.0136. The van der Waals surface area contributed by atoms with E-state index < -0.39 is 0 Å². The first-order valence-corrected chi connectivity index (χ1v) is 8.14. The van der Waals surface area contributed by atoms with Crippen LogP contribution in [0.15, 0.2) is 0 Å².